The molecule has 0 radical (unpaired) electrons. The topological polar surface area (TPSA) is 76.7 Å². The van der Waals surface area contributed by atoms with Crippen LogP contribution in [0.15, 0.2) is 24.3 Å². The van der Waals surface area contributed by atoms with Crippen molar-refractivity contribution >= 4 is 11.8 Å². The van der Waals surface area contributed by atoms with Crippen molar-refractivity contribution in [3.63, 3.8) is 0 Å². The van der Waals surface area contributed by atoms with Gasteiger partial charge >= 0.3 is 0 Å². The first-order chi connectivity index (χ1) is 11.2. The monoisotopic (exact) mass is 336 g/mol. The third kappa shape index (κ3) is 5.94. The van der Waals surface area contributed by atoms with Crippen LogP contribution in [0, 0.1) is 0 Å². The molecule has 1 unspecified atom stereocenters. The average molecular weight is 336 g/mol. The highest BCUT2D eigenvalue weighted by molar-refractivity contribution is 5.96. The molecule has 2 N–H and O–H groups in total. The number of hydrogen-bond donors (Lipinski definition) is 2. The molecule has 0 aliphatic carbocycles. The Labute approximate surface area is 143 Å². The second-order valence-electron chi connectivity index (χ2n) is 6.71. The molecule has 0 heterocycles. The number of hydrogen-bond acceptors (Lipinski definition) is 4. The van der Waals surface area contributed by atoms with Crippen molar-refractivity contribution in [1.29, 1.82) is 0 Å². The molecule has 1 atom stereocenters. The number of amides is 2. The quantitative estimate of drug-likeness (QED) is 0.745. The largest absolute Gasteiger partial charge is 0.354 e. The summed E-state index contributed by atoms with van der Waals surface area (Å²) in [6.45, 7) is 8.00. The van der Waals surface area contributed by atoms with Gasteiger partial charge in [0.1, 0.15) is 0 Å². The van der Waals surface area contributed by atoms with Crippen molar-refractivity contribution in [2.45, 2.75) is 45.4 Å². The van der Waals surface area contributed by atoms with Gasteiger partial charge in [0.25, 0.3) is 5.91 Å². The van der Waals surface area contributed by atoms with Crippen molar-refractivity contribution in [1.82, 2.24) is 10.6 Å². The summed E-state index contributed by atoms with van der Waals surface area (Å²) in [5.74, 6) is -0.588. The van der Waals surface area contributed by atoms with Gasteiger partial charge in [0.2, 0.25) is 5.91 Å². The van der Waals surface area contributed by atoms with Crippen LogP contribution in [-0.4, -0.2) is 44.9 Å². The molecule has 1 aromatic rings. The Hall–Kier alpha value is -1.92. The fourth-order valence-corrected chi connectivity index (χ4v) is 2.26. The van der Waals surface area contributed by atoms with E-state index < -0.39 is 6.29 Å². The van der Waals surface area contributed by atoms with E-state index in [1.54, 1.807) is 19.1 Å². The van der Waals surface area contributed by atoms with Gasteiger partial charge in [0, 0.05) is 19.8 Å². The van der Waals surface area contributed by atoms with Crippen molar-refractivity contribution < 1.29 is 19.1 Å². The van der Waals surface area contributed by atoms with E-state index in [1.165, 1.54) is 14.2 Å². The molecular formula is C18H28N2O4. The smallest absolute Gasteiger partial charge is 0.251 e. The van der Waals surface area contributed by atoms with Crippen molar-refractivity contribution in [2.24, 2.45) is 0 Å². The van der Waals surface area contributed by atoms with Crippen LogP contribution in [0.25, 0.3) is 0 Å². The van der Waals surface area contributed by atoms with Crippen molar-refractivity contribution in [3.8, 4) is 0 Å². The number of nitrogens with one attached hydrogen (secondary N) is 2. The molecular weight excluding hydrogens is 308 g/mol. The minimum Gasteiger partial charge on any atom is -0.354 e. The second-order valence-corrected chi connectivity index (χ2v) is 6.71. The maximum absolute atomic E-state index is 12.1. The fourth-order valence-electron chi connectivity index (χ4n) is 2.26. The van der Waals surface area contributed by atoms with E-state index >= 15 is 0 Å². The first kappa shape index (κ1) is 20.1. The molecule has 0 aliphatic heterocycles. The summed E-state index contributed by atoms with van der Waals surface area (Å²) >= 11 is 0. The minimum absolute atomic E-state index is 0.0320. The summed E-state index contributed by atoms with van der Waals surface area (Å²) in [7, 11) is 3.00. The molecule has 134 valence electrons. The van der Waals surface area contributed by atoms with Gasteiger partial charge in [0.15, 0.2) is 6.29 Å². The normalized spacial score (nSPS) is 12.8. The van der Waals surface area contributed by atoms with E-state index in [0.29, 0.717) is 5.56 Å². The number of methoxy groups -OCH3 is 2. The molecule has 0 bridgehead atoms. The lowest BCUT2D eigenvalue weighted by molar-refractivity contribution is -0.135. The third-order valence-electron chi connectivity index (χ3n) is 3.68. The Morgan fingerprint density at radius 1 is 1.08 bits per heavy atom. The van der Waals surface area contributed by atoms with Crippen molar-refractivity contribution in [2.75, 3.05) is 20.8 Å². The van der Waals surface area contributed by atoms with E-state index in [9.17, 15) is 9.59 Å². The van der Waals surface area contributed by atoms with Crippen molar-refractivity contribution in [3.05, 3.63) is 35.4 Å². The highest BCUT2D eigenvalue weighted by Crippen LogP contribution is 2.22. The third-order valence-corrected chi connectivity index (χ3v) is 3.68. The summed E-state index contributed by atoms with van der Waals surface area (Å²) in [6.07, 6.45) is -0.533. The zero-order valence-corrected chi connectivity index (χ0v) is 15.3. The first-order valence-corrected chi connectivity index (χ1v) is 7.92. The van der Waals surface area contributed by atoms with Gasteiger partial charge in [-0.1, -0.05) is 32.9 Å². The molecule has 6 nitrogen and oxygen atoms in total. The lowest BCUT2D eigenvalue weighted by atomic mass is 9.87. The maximum atomic E-state index is 12.1. The molecule has 1 aromatic carbocycles. The summed E-state index contributed by atoms with van der Waals surface area (Å²) in [5.41, 5.74) is 1.70. The van der Waals surface area contributed by atoms with Gasteiger partial charge in [-0.3, -0.25) is 9.59 Å². The lowest BCUT2D eigenvalue weighted by Gasteiger charge is -2.22. The molecule has 6 heteroatoms. The van der Waals surface area contributed by atoms with Crippen LogP contribution in [0.1, 0.15) is 43.6 Å². The molecule has 1 rings (SSSR count). The standard InChI is InChI=1S/C18H28N2O4/c1-12(17(23-5)24-6)20-15(21)11-19-16(22)13-7-9-14(10-8-13)18(2,3)4/h7-10,12,17H,11H2,1-6H3,(H,19,22)(H,20,21). The molecule has 0 fully saturated rings. The molecule has 0 aliphatic rings. The van der Waals surface area contributed by atoms with Gasteiger partial charge in [-0.15, -0.1) is 0 Å². The first-order valence-electron chi connectivity index (χ1n) is 7.92. The van der Waals surface area contributed by atoms with Gasteiger partial charge < -0.3 is 20.1 Å². The van der Waals surface area contributed by atoms with Crippen LogP contribution in [0.3, 0.4) is 0 Å². The fraction of sp³-hybridized carbons (Fsp3) is 0.556. The Bertz CT molecular complexity index is 545. The maximum Gasteiger partial charge on any atom is 0.251 e. The van der Waals surface area contributed by atoms with E-state index in [2.05, 4.69) is 31.4 Å². The van der Waals surface area contributed by atoms with E-state index in [1.807, 2.05) is 12.1 Å². The number of carbonyl (C=O) groups excluding carboxylic acids is 2. The lowest BCUT2D eigenvalue weighted by Crippen LogP contribution is -2.46. The van der Waals surface area contributed by atoms with Crippen LogP contribution >= 0.6 is 0 Å². The zero-order valence-electron chi connectivity index (χ0n) is 15.3. The number of ether oxygens (including phenoxy) is 2. The second kappa shape index (κ2) is 8.80. The summed E-state index contributed by atoms with van der Waals surface area (Å²) in [4.78, 5) is 24.0. The van der Waals surface area contributed by atoms with E-state index in [4.69, 9.17) is 9.47 Å². The molecule has 0 aromatic heterocycles. The number of benzene rings is 1. The summed E-state index contributed by atoms with van der Waals surface area (Å²) < 4.78 is 10.1. The van der Waals surface area contributed by atoms with Gasteiger partial charge in [-0.05, 0) is 30.0 Å². The Balaban J connectivity index is 2.52. The number of rotatable bonds is 7. The molecule has 0 saturated carbocycles. The Morgan fingerprint density at radius 2 is 1.62 bits per heavy atom. The summed E-state index contributed by atoms with van der Waals surface area (Å²) in [6, 6.07) is 7.07. The van der Waals surface area contributed by atoms with Crippen LogP contribution in [0.5, 0.6) is 0 Å². The van der Waals surface area contributed by atoms with Crippen LogP contribution in [-0.2, 0) is 19.7 Å². The highest BCUT2D eigenvalue weighted by Gasteiger charge is 2.18. The molecule has 0 spiro atoms. The Morgan fingerprint density at radius 3 is 2.08 bits per heavy atom. The van der Waals surface area contributed by atoms with Crippen LogP contribution in [0.2, 0.25) is 0 Å². The van der Waals surface area contributed by atoms with Crippen LogP contribution in [0.4, 0.5) is 0 Å². The van der Waals surface area contributed by atoms with Gasteiger partial charge in [-0.2, -0.15) is 0 Å². The number of carbonyl (C=O) groups is 2. The average Bonchev–Trinajstić information content (AvgIpc) is 2.53. The van der Waals surface area contributed by atoms with Gasteiger partial charge in [-0.25, -0.2) is 0 Å². The highest BCUT2D eigenvalue weighted by atomic mass is 16.7. The SMILES string of the molecule is COC(OC)C(C)NC(=O)CNC(=O)c1ccc(C(C)(C)C)cc1. The predicted molar refractivity (Wildman–Crippen MR) is 92.9 cm³/mol. The molecule has 24 heavy (non-hydrogen) atoms. The summed E-state index contributed by atoms with van der Waals surface area (Å²) in [5, 5.41) is 5.32. The predicted octanol–water partition coefficient (Wildman–Crippen LogP) is 1.84. The molecule has 0 saturated heterocycles. The zero-order chi connectivity index (χ0) is 18.3. The van der Waals surface area contributed by atoms with E-state index in [-0.39, 0.29) is 29.8 Å². The van der Waals surface area contributed by atoms with E-state index in [0.717, 1.165) is 5.56 Å². The van der Waals surface area contributed by atoms with Crippen LogP contribution < -0.4 is 10.6 Å². The van der Waals surface area contributed by atoms with Gasteiger partial charge in [0.05, 0.1) is 12.6 Å². The minimum atomic E-state index is -0.533. The molecule has 2 amide bonds. The Kier molecular flexibility index (Phi) is 7.38.